The van der Waals surface area contributed by atoms with Gasteiger partial charge >= 0.3 is 11.8 Å². The fourth-order valence-corrected chi connectivity index (χ4v) is 11.6. The van der Waals surface area contributed by atoms with Gasteiger partial charge in [-0.05, 0) is 156 Å². The summed E-state index contributed by atoms with van der Waals surface area (Å²) in [6, 6.07) is 19.0. The van der Waals surface area contributed by atoms with E-state index >= 15 is 0 Å². The van der Waals surface area contributed by atoms with Crippen LogP contribution in [0.2, 0.25) is 0 Å². The topological polar surface area (TPSA) is 310 Å². The van der Waals surface area contributed by atoms with Crippen molar-refractivity contribution in [3.05, 3.63) is 149 Å². The molecule has 464 valence electrons. The number of carbonyl (C=O) groups excluding carboxylic acids is 1. The lowest BCUT2D eigenvalue weighted by Crippen LogP contribution is -2.35. The van der Waals surface area contributed by atoms with Crippen LogP contribution in [0, 0.1) is 27.7 Å². The van der Waals surface area contributed by atoms with Gasteiger partial charge in [0.25, 0.3) is 40.5 Å². The molecule has 0 atom stereocenters. The number of pyridine rings is 1. The molecule has 85 heavy (non-hydrogen) atoms. The highest BCUT2D eigenvalue weighted by Gasteiger charge is 2.23. The third kappa shape index (κ3) is 24.7. The third-order valence-electron chi connectivity index (χ3n) is 13.8. The molecular formula is C60H82N6O15S4+2. The normalized spacial score (nSPS) is 13.4. The van der Waals surface area contributed by atoms with E-state index in [2.05, 4.69) is 5.32 Å². The van der Waals surface area contributed by atoms with Crippen molar-refractivity contribution in [2.24, 2.45) is 4.99 Å². The number of carbonyl (C=O) groups is 2. The first-order valence-corrected chi connectivity index (χ1v) is 33.9. The minimum absolute atomic E-state index is 0.0383. The Bertz CT molecular complexity index is 3690. The molecule has 0 spiro atoms. The predicted molar refractivity (Wildman–Crippen MR) is 332 cm³/mol. The van der Waals surface area contributed by atoms with E-state index in [4.69, 9.17) is 10.1 Å². The number of hydrogen-bond acceptors (Lipinski definition) is 13. The van der Waals surface area contributed by atoms with Gasteiger partial charge in [0.05, 0.1) is 22.9 Å². The first kappa shape index (κ1) is 70.8. The minimum atomic E-state index is -4.55. The van der Waals surface area contributed by atoms with Gasteiger partial charge in [0.2, 0.25) is 11.6 Å². The maximum Gasteiger partial charge on any atom is 0.326 e. The second kappa shape index (κ2) is 32.7. The van der Waals surface area contributed by atoms with Crippen molar-refractivity contribution < 1.29 is 75.7 Å². The smallest absolute Gasteiger partial charge is 0.326 e. The van der Waals surface area contributed by atoms with Crippen molar-refractivity contribution in [1.82, 2.24) is 5.32 Å². The molecule has 0 saturated heterocycles. The molecule has 0 aliphatic carbocycles. The molecule has 0 bridgehead atoms. The maximum absolute atomic E-state index is 13.1. The van der Waals surface area contributed by atoms with E-state index < -0.39 is 52.2 Å². The summed E-state index contributed by atoms with van der Waals surface area (Å²) in [5, 5.41) is 12.1. The fraction of sp³-hybridized carbons (Fsp3) is 0.417. The number of amides is 1. The number of nitrogens with zero attached hydrogens (tertiary/aromatic N) is 5. The largest absolute Gasteiger partial charge is 0.481 e. The molecule has 0 radical (unpaired) electrons. The molecule has 1 amide bonds. The van der Waals surface area contributed by atoms with Gasteiger partial charge in [0.15, 0.2) is 5.71 Å². The average Bonchev–Trinajstić information content (AvgIpc) is 2.29. The van der Waals surface area contributed by atoms with Crippen LogP contribution in [0.4, 0.5) is 22.9 Å². The van der Waals surface area contributed by atoms with E-state index in [9.17, 15) is 61.5 Å². The van der Waals surface area contributed by atoms with Gasteiger partial charge in [-0.3, -0.25) is 27.8 Å². The van der Waals surface area contributed by atoms with E-state index in [0.717, 1.165) is 45.2 Å². The summed E-state index contributed by atoms with van der Waals surface area (Å²) in [5.74, 6) is -1.43. The summed E-state index contributed by atoms with van der Waals surface area (Å²) >= 11 is 0. The number of unbranched alkanes of at least 4 members (excludes halogenated alkanes) is 4. The van der Waals surface area contributed by atoms with Crippen LogP contribution in [0.3, 0.4) is 0 Å². The summed E-state index contributed by atoms with van der Waals surface area (Å²) in [6.07, 6.45) is 16.3. The molecule has 21 nitrogen and oxygen atoms in total. The molecule has 0 aliphatic heterocycles. The van der Waals surface area contributed by atoms with Crippen LogP contribution in [0.5, 0.6) is 0 Å². The number of carboxylic acids is 1. The number of para-hydroxylation sites is 1. The van der Waals surface area contributed by atoms with Crippen LogP contribution < -0.4 is 19.7 Å². The van der Waals surface area contributed by atoms with Crippen molar-refractivity contribution in [3.63, 3.8) is 0 Å². The Morgan fingerprint density at radius 2 is 1.19 bits per heavy atom. The van der Waals surface area contributed by atoms with Crippen LogP contribution in [0.15, 0.2) is 136 Å². The lowest BCUT2D eigenvalue weighted by atomic mass is 10.1. The monoisotopic (exact) mass is 1250 g/mol. The Hall–Kier alpha value is -6.71. The standard InChI is InChI=1S/C60H80N6O15S4/c1-44-21-13-14-26-55(44)65(35-19-37-82(70,71)72)49(6)23-17-22-48(5)62-60-47(4)41-54(85(79,80)81)43-63(60)33-15-9-11-27-58(67)61-42-52-29-31-56(45(2)39-52)66(36-20-38-83(73,74)75)51(8)25-18-24-50(7)64(34-16-10-12-28-59(68)69)57-32-30-53(40-46(57)3)84(76,77)78/h13-14,17-18,21-26,29-32,39-41,43H,9-12,15-16,19-20,27-28,33-38,42H2,1-8H3,(H4-2,61,67,68,69,70,71,72,73,74,75,76,77,78,79,80,81)/p+2. The summed E-state index contributed by atoms with van der Waals surface area (Å²) in [6.45, 7) is 16.3. The van der Waals surface area contributed by atoms with Crippen LogP contribution in [-0.2, 0) is 63.2 Å². The second-order valence-electron chi connectivity index (χ2n) is 20.9. The van der Waals surface area contributed by atoms with E-state index in [-0.39, 0.29) is 60.2 Å². The lowest BCUT2D eigenvalue weighted by molar-refractivity contribution is -0.686. The number of carboxylic acid groups (broad SMARTS) is 1. The van der Waals surface area contributed by atoms with Crippen LogP contribution in [0.25, 0.3) is 0 Å². The number of benzene rings is 3. The molecule has 0 fully saturated rings. The van der Waals surface area contributed by atoms with Crippen molar-refractivity contribution in [2.75, 3.05) is 40.9 Å². The quantitative estimate of drug-likeness (QED) is 0.00833. The number of hydrogen-bond donors (Lipinski definition) is 6. The predicted octanol–water partition coefficient (Wildman–Crippen LogP) is 9.91. The molecule has 0 aliphatic rings. The van der Waals surface area contributed by atoms with Gasteiger partial charge in [-0.25, -0.2) is 4.57 Å². The van der Waals surface area contributed by atoms with Crippen LogP contribution in [-0.4, -0.2) is 116 Å². The Balaban J connectivity index is 1.45. The minimum Gasteiger partial charge on any atom is -0.481 e. The highest BCUT2D eigenvalue weighted by Crippen LogP contribution is 2.29. The van der Waals surface area contributed by atoms with Gasteiger partial charge in [-0.15, -0.1) is 0 Å². The molecule has 25 heteroatoms. The summed E-state index contributed by atoms with van der Waals surface area (Å²) in [5.41, 5.74) is 8.98. The summed E-state index contributed by atoms with van der Waals surface area (Å²) in [7, 11) is -17.4. The van der Waals surface area contributed by atoms with Crippen LogP contribution in [0.1, 0.15) is 120 Å². The molecule has 0 unspecified atom stereocenters. The average molecular weight is 1260 g/mol. The molecular weight excluding hydrogens is 1170 g/mol. The highest BCUT2D eigenvalue weighted by molar-refractivity contribution is 7.86. The second-order valence-corrected chi connectivity index (χ2v) is 26.9. The van der Waals surface area contributed by atoms with E-state index in [1.165, 1.54) is 24.4 Å². The summed E-state index contributed by atoms with van der Waals surface area (Å²) in [4.78, 5) is 32.5. The Kier molecular flexibility index (Phi) is 27.2. The Morgan fingerprint density at radius 1 is 0.612 bits per heavy atom. The highest BCUT2D eigenvalue weighted by atomic mass is 32.2. The molecule has 4 aromatic rings. The first-order valence-electron chi connectivity index (χ1n) is 27.8. The number of allylic oxidation sites excluding steroid dienone is 8. The molecule has 3 aromatic carbocycles. The molecule has 1 aromatic heterocycles. The number of nitrogens with one attached hydrogen (secondary N) is 1. The third-order valence-corrected chi connectivity index (χ3v) is 17.1. The zero-order valence-corrected chi connectivity index (χ0v) is 52.9. The molecule has 1 heterocycles. The van der Waals surface area contributed by atoms with E-state index in [0.29, 0.717) is 86.5 Å². The van der Waals surface area contributed by atoms with Crippen LogP contribution >= 0.6 is 0 Å². The zero-order chi connectivity index (χ0) is 63.3. The van der Waals surface area contributed by atoms with Gasteiger partial charge in [-0.2, -0.15) is 38.2 Å². The van der Waals surface area contributed by atoms with Gasteiger partial charge < -0.3 is 20.2 Å². The van der Waals surface area contributed by atoms with Gasteiger partial charge in [0, 0.05) is 98.8 Å². The fourth-order valence-electron chi connectivity index (χ4n) is 9.46. The number of rotatable bonds is 34. The zero-order valence-electron chi connectivity index (χ0n) is 49.6. The number of aryl methyl sites for hydroxylation is 5. The van der Waals surface area contributed by atoms with Crippen molar-refractivity contribution in [3.8, 4) is 0 Å². The number of aliphatic carboxylic acids is 1. The van der Waals surface area contributed by atoms with Crippen molar-refractivity contribution in [2.45, 2.75) is 142 Å². The van der Waals surface area contributed by atoms with Gasteiger partial charge in [-0.1, -0.05) is 42.8 Å². The Morgan fingerprint density at radius 3 is 1.79 bits per heavy atom. The van der Waals surface area contributed by atoms with E-state index in [1.807, 2.05) is 116 Å². The Labute approximate surface area is 501 Å². The van der Waals surface area contributed by atoms with Crippen molar-refractivity contribution >= 4 is 86.7 Å². The molecule has 0 saturated carbocycles. The van der Waals surface area contributed by atoms with Gasteiger partial charge in [0.1, 0.15) is 23.3 Å². The number of anilines is 2. The lowest BCUT2D eigenvalue weighted by Gasteiger charge is -2.27. The number of aromatic nitrogens is 1. The van der Waals surface area contributed by atoms with E-state index in [1.54, 1.807) is 43.6 Å². The number of aliphatic imine (C=N–C) groups is 1. The molecule has 6 N–H and O–H groups in total. The molecule has 4 rings (SSSR count). The SMILES string of the molecule is C\C(=C/C=C/C(C)=[N+](\CCCS(=O)(=O)O)c1ccc(CNC(=O)CCCCC[n+]2cc(S(=O)(=O)O)cc(C)c2/N=C(C)/C=C/C=C(\C)N(CCCS(=O)(=O)O)c2ccccc2C)cc1C)N(CCCCCC(=O)O)c1ccc(S(=O)(=O)O)cc1C. The first-order chi connectivity index (χ1) is 39.7. The maximum atomic E-state index is 13.1. The summed E-state index contributed by atoms with van der Waals surface area (Å²) < 4.78 is 137. The van der Waals surface area contributed by atoms with Crippen molar-refractivity contribution in [1.29, 1.82) is 0 Å².